The highest BCUT2D eigenvalue weighted by atomic mass is 16.7. The van der Waals surface area contributed by atoms with Gasteiger partial charge in [-0.25, -0.2) is 0 Å². The van der Waals surface area contributed by atoms with Crippen molar-refractivity contribution in [1.82, 2.24) is 5.32 Å². The number of nitrogens with one attached hydrogen (secondary N) is 1. The zero-order valence-corrected chi connectivity index (χ0v) is 37.0. The third kappa shape index (κ3) is 29.4. The van der Waals surface area contributed by atoms with E-state index in [0.29, 0.717) is 6.42 Å². The molecule has 0 aromatic heterocycles. The summed E-state index contributed by atoms with van der Waals surface area (Å²) in [5, 5.41) is 54.2. The van der Waals surface area contributed by atoms with Crippen molar-refractivity contribution in [3.63, 3.8) is 0 Å². The van der Waals surface area contributed by atoms with Crippen LogP contribution in [-0.2, 0) is 14.3 Å². The summed E-state index contributed by atoms with van der Waals surface area (Å²) in [6.07, 6.45) is 43.0. The SMILES string of the molecule is CCCCCCCCC/C=C\CCCCCCCC(=O)NC(COC1OC(CO)C(O)C(O)C1O)C(O)/C=C/CC/C=C/CC/C=C/CCCCCCCCCCC. The van der Waals surface area contributed by atoms with Crippen molar-refractivity contribution in [3.05, 3.63) is 48.6 Å². The van der Waals surface area contributed by atoms with Crippen LogP contribution in [0.5, 0.6) is 0 Å². The maximum Gasteiger partial charge on any atom is 0.220 e. The molecule has 1 rings (SSSR count). The van der Waals surface area contributed by atoms with Crippen molar-refractivity contribution in [2.24, 2.45) is 0 Å². The molecule has 1 aliphatic rings. The van der Waals surface area contributed by atoms with Crippen molar-refractivity contribution >= 4 is 5.91 Å². The van der Waals surface area contributed by atoms with Gasteiger partial charge >= 0.3 is 0 Å². The van der Waals surface area contributed by atoms with Crippen LogP contribution in [0.2, 0.25) is 0 Å². The lowest BCUT2D eigenvalue weighted by atomic mass is 9.99. The van der Waals surface area contributed by atoms with Gasteiger partial charge in [0.05, 0.1) is 25.4 Å². The second-order valence-electron chi connectivity index (χ2n) is 16.5. The van der Waals surface area contributed by atoms with Gasteiger partial charge in [0, 0.05) is 6.42 Å². The topological polar surface area (TPSA) is 149 Å². The van der Waals surface area contributed by atoms with Gasteiger partial charge in [-0.15, -0.1) is 0 Å². The Labute approximate surface area is 354 Å². The number of aliphatic hydroxyl groups is 5. The summed E-state index contributed by atoms with van der Waals surface area (Å²) < 4.78 is 11.2. The van der Waals surface area contributed by atoms with Crippen LogP contribution in [0.1, 0.15) is 200 Å². The Bertz CT molecular complexity index is 1050. The number of ether oxygens (including phenoxy) is 2. The van der Waals surface area contributed by atoms with Gasteiger partial charge in [-0.2, -0.15) is 0 Å². The standard InChI is InChI=1S/C49H89NO8/c1-3-5-7-9-11-13-15-17-19-21-22-23-24-26-28-30-32-34-36-38-43(52)42(41-57-49-48(56)47(55)46(54)44(40-51)58-49)50-45(53)39-37-35-33-31-29-27-25-20-18-16-14-12-10-8-6-4-2/h20,22-23,25,28,30,36,38,42-44,46-49,51-52,54-56H,3-19,21,24,26-27,29,31-35,37,39-41H2,1-2H3,(H,50,53)/b23-22+,25-20-,30-28+,38-36+. The van der Waals surface area contributed by atoms with Gasteiger partial charge in [0.2, 0.25) is 5.91 Å². The number of hydrogen-bond acceptors (Lipinski definition) is 8. The average Bonchev–Trinajstić information content (AvgIpc) is 3.22. The number of hydrogen-bond donors (Lipinski definition) is 6. The third-order valence-corrected chi connectivity index (χ3v) is 11.1. The highest BCUT2D eigenvalue weighted by Crippen LogP contribution is 2.22. The summed E-state index contributed by atoms with van der Waals surface area (Å²) in [6.45, 7) is 3.74. The van der Waals surface area contributed by atoms with Crippen molar-refractivity contribution in [3.8, 4) is 0 Å². The molecule has 0 aromatic rings. The maximum absolute atomic E-state index is 13.0. The van der Waals surface area contributed by atoms with Crippen LogP contribution in [0.3, 0.4) is 0 Å². The summed E-state index contributed by atoms with van der Waals surface area (Å²) in [5.41, 5.74) is 0. The molecule has 1 heterocycles. The van der Waals surface area contributed by atoms with Crippen LogP contribution in [-0.4, -0.2) is 87.5 Å². The lowest BCUT2D eigenvalue weighted by Gasteiger charge is -2.40. The molecule has 338 valence electrons. The number of amides is 1. The minimum absolute atomic E-state index is 0.201. The van der Waals surface area contributed by atoms with E-state index < -0.39 is 49.5 Å². The smallest absolute Gasteiger partial charge is 0.220 e. The quantitative estimate of drug-likeness (QED) is 0.0265. The summed E-state index contributed by atoms with van der Waals surface area (Å²) in [7, 11) is 0. The van der Waals surface area contributed by atoms with E-state index in [1.165, 1.54) is 116 Å². The molecule has 1 amide bonds. The highest BCUT2D eigenvalue weighted by Gasteiger charge is 2.44. The van der Waals surface area contributed by atoms with Crippen LogP contribution in [0.25, 0.3) is 0 Å². The van der Waals surface area contributed by atoms with Gasteiger partial charge in [-0.05, 0) is 70.6 Å². The van der Waals surface area contributed by atoms with Crippen LogP contribution in [0.15, 0.2) is 48.6 Å². The second kappa shape index (κ2) is 39.3. The Morgan fingerprint density at radius 1 is 0.569 bits per heavy atom. The van der Waals surface area contributed by atoms with Gasteiger partial charge in [-0.3, -0.25) is 4.79 Å². The summed E-state index contributed by atoms with van der Waals surface area (Å²) >= 11 is 0. The average molecular weight is 820 g/mol. The molecule has 0 spiro atoms. The van der Waals surface area contributed by atoms with E-state index in [9.17, 15) is 30.3 Å². The third-order valence-electron chi connectivity index (χ3n) is 11.1. The van der Waals surface area contributed by atoms with E-state index in [-0.39, 0.29) is 12.5 Å². The first kappa shape index (κ1) is 54.2. The van der Waals surface area contributed by atoms with Crippen molar-refractivity contribution in [2.45, 2.75) is 243 Å². The lowest BCUT2D eigenvalue weighted by molar-refractivity contribution is -0.302. The molecule has 1 saturated heterocycles. The zero-order chi connectivity index (χ0) is 42.3. The summed E-state index contributed by atoms with van der Waals surface area (Å²) in [6, 6.07) is -0.832. The molecule has 6 N–H and O–H groups in total. The molecule has 7 unspecified atom stereocenters. The Balaban J connectivity index is 2.39. The fraction of sp³-hybridized carbons (Fsp3) is 0.816. The van der Waals surface area contributed by atoms with Crippen molar-refractivity contribution in [2.75, 3.05) is 13.2 Å². The lowest BCUT2D eigenvalue weighted by Crippen LogP contribution is -2.60. The van der Waals surface area contributed by atoms with Gasteiger partial charge in [0.1, 0.15) is 24.4 Å². The first-order valence-corrected chi connectivity index (χ1v) is 23.9. The Hall–Kier alpha value is -1.85. The molecule has 1 fully saturated rings. The van der Waals surface area contributed by atoms with Crippen LogP contribution in [0.4, 0.5) is 0 Å². The molecule has 0 saturated carbocycles. The summed E-state index contributed by atoms with van der Waals surface area (Å²) in [5.74, 6) is -0.201. The molecular weight excluding hydrogens is 731 g/mol. The molecule has 9 heteroatoms. The normalized spacial score (nSPS) is 21.3. The Morgan fingerprint density at radius 2 is 0.983 bits per heavy atom. The van der Waals surface area contributed by atoms with Crippen LogP contribution in [0, 0.1) is 0 Å². The molecule has 0 aliphatic carbocycles. The minimum atomic E-state index is -1.58. The first-order chi connectivity index (χ1) is 28.3. The van der Waals surface area contributed by atoms with Gasteiger partial charge < -0.3 is 40.3 Å². The second-order valence-corrected chi connectivity index (χ2v) is 16.5. The first-order valence-electron chi connectivity index (χ1n) is 23.9. The zero-order valence-electron chi connectivity index (χ0n) is 37.0. The molecule has 9 nitrogen and oxygen atoms in total. The van der Waals surface area contributed by atoms with E-state index in [1.807, 2.05) is 6.08 Å². The van der Waals surface area contributed by atoms with Gasteiger partial charge in [0.15, 0.2) is 6.29 Å². The van der Waals surface area contributed by atoms with Crippen LogP contribution < -0.4 is 5.32 Å². The Morgan fingerprint density at radius 3 is 1.45 bits per heavy atom. The molecular formula is C49H89NO8. The number of allylic oxidation sites excluding steroid dienone is 7. The van der Waals surface area contributed by atoms with Crippen molar-refractivity contribution < 1.29 is 39.8 Å². The largest absolute Gasteiger partial charge is 0.394 e. The molecule has 58 heavy (non-hydrogen) atoms. The number of carbonyl (C=O) groups excluding carboxylic acids is 1. The van der Waals surface area contributed by atoms with E-state index in [1.54, 1.807) is 6.08 Å². The van der Waals surface area contributed by atoms with E-state index >= 15 is 0 Å². The number of rotatable bonds is 39. The fourth-order valence-electron chi connectivity index (χ4n) is 7.24. The van der Waals surface area contributed by atoms with E-state index in [0.717, 1.165) is 64.2 Å². The monoisotopic (exact) mass is 820 g/mol. The maximum atomic E-state index is 13.0. The fourth-order valence-corrected chi connectivity index (χ4v) is 7.24. The van der Waals surface area contributed by atoms with Gasteiger partial charge in [-0.1, -0.05) is 172 Å². The number of unbranched alkanes of at least 4 members (excludes halogenated alkanes) is 23. The van der Waals surface area contributed by atoms with Gasteiger partial charge in [0.25, 0.3) is 0 Å². The predicted octanol–water partition coefficient (Wildman–Crippen LogP) is 10.2. The predicted molar refractivity (Wildman–Crippen MR) is 239 cm³/mol. The van der Waals surface area contributed by atoms with Crippen molar-refractivity contribution in [1.29, 1.82) is 0 Å². The Kier molecular flexibility index (Phi) is 36.7. The highest BCUT2D eigenvalue weighted by molar-refractivity contribution is 5.76. The molecule has 1 aliphatic heterocycles. The number of carbonyl (C=O) groups is 1. The molecule has 0 aromatic carbocycles. The summed E-state index contributed by atoms with van der Waals surface area (Å²) in [4.78, 5) is 13.0. The van der Waals surface area contributed by atoms with Crippen LogP contribution >= 0.6 is 0 Å². The molecule has 0 radical (unpaired) electrons. The molecule has 7 atom stereocenters. The molecule has 0 bridgehead atoms. The minimum Gasteiger partial charge on any atom is -0.394 e. The van der Waals surface area contributed by atoms with E-state index in [4.69, 9.17) is 9.47 Å². The number of aliphatic hydroxyl groups excluding tert-OH is 5. The van der Waals surface area contributed by atoms with E-state index in [2.05, 4.69) is 55.6 Å².